The van der Waals surface area contributed by atoms with Gasteiger partial charge in [0.2, 0.25) is 18.2 Å². The van der Waals surface area contributed by atoms with Crippen LogP contribution in [0.4, 0.5) is 0 Å². The molecule has 2 saturated heterocycles. The minimum absolute atomic E-state index is 0.00728. The molecule has 0 radical (unpaired) electrons. The van der Waals surface area contributed by atoms with Crippen molar-refractivity contribution in [1.29, 1.82) is 0 Å². The zero-order valence-corrected chi connectivity index (χ0v) is 20.5. The van der Waals surface area contributed by atoms with E-state index >= 15 is 0 Å². The number of nitrogens with one attached hydrogen (secondary N) is 2. The van der Waals surface area contributed by atoms with Crippen molar-refractivity contribution >= 4 is 18.2 Å². The number of carbonyl (C=O) groups is 3. The topological polar surface area (TPSA) is 91.0 Å². The highest BCUT2D eigenvalue weighted by Crippen LogP contribution is 2.25. The molecule has 2 rings (SSSR count). The first kappa shape index (κ1) is 26.6. The molecule has 184 valence electrons. The fourth-order valence-electron chi connectivity index (χ4n) is 4.58. The Morgan fingerprint density at radius 3 is 2.41 bits per heavy atom. The molecule has 2 aliphatic rings. The van der Waals surface area contributed by atoms with Crippen LogP contribution in [0.1, 0.15) is 72.6 Å². The summed E-state index contributed by atoms with van der Waals surface area (Å²) in [5.41, 5.74) is -0.354. The second-order valence-corrected chi connectivity index (χ2v) is 10.4. The summed E-state index contributed by atoms with van der Waals surface area (Å²) >= 11 is 0. The molecule has 2 unspecified atom stereocenters. The number of amides is 3. The van der Waals surface area contributed by atoms with Crippen LogP contribution in [0, 0.1) is 5.41 Å². The maximum atomic E-state index is 13.0. The Kier molecular flexibility index (Phi) is 10.9. The molecular weight excluding hydrogens is 408 g/mol. The van der Waals surface area contributed by atoms with E-state index in [-0.39, 0.29) is 29.9 Å². The number of unbranched alkanes of at least 4 members (excludes halogenated alkanes) is 2. The first-order chi connectivity index (χ1) is 15.2. The minimum atomic E-state index is -0.537. The first-order valence-electron chi connectivity index (χ1n) is 12.3. The Bertz CT molecular complexity index is 599. The van der Waals surface area contributed by atoms with Crippen LogP contribution in [-0.2, 0) is 19.1 Å². The van der Waals surface area contributed by atoms with E-state index in [4.69, 9.17) is 4.74 Å². The van der Waals surface area contributed by atoms with E-state index in [2.05, 4.69) is 22.5 Å². The summed E-state index contributed by atoms with van der Waals surface area (Å²) in [6.07, 6.45) is 7.97. The van der Waals surface area contributed by atoms with E-state index in [1.807, 2.05) is 25.7 Å². The van der Waals surface area contributed by atoms with Crippen molar-refractivity contribution in [1.82, 2.24) is 20.4 Å². The number of ether oxygens (including phenoxy) is 1. The Morgan fingerprint density at radius 2 is 1.81 bits per heavy atom. The van der Waals surface area contributed by atoms with Gasteiger partial charge in [-0.2, -0.15) is 0 Å². The lowest BCUT2D eigenvalue weighted by atomic mass is 9.85. The van der Waals surface area contributed by atoms with Gasteiger partial charge in [-0.25, -0.2) is 0 Å². The number of rotatable bonds is 12. The summed E-state index contributed by atoms with van der Waals surface area (Å²) in [5.74, 6) is -0.209. The van der Waals surface area contributed by atoms with Crippen LogP contribution < -0.4 is 10.6 Å². The third kappa shape index (κ3) is 8.70. The number of carbonyl (C=O) groups excluding carboxylic acids is 3. The molecule has 0 aromatic heterocycles. The van der Waals surface area contributed by atoms with Gasteiger partial charge in [0.25, 0.3) is 0 Å². The fraction of sp³-hybridized carbons (Fsp3) is 0.875. The third-order valence-corrected chi connectivity index (χ3v) is 6.64. The maximum absolute atomic E-state index is 13.0. The fourth-order valence-corrected chi connectivity index (χ4v) is 4.58. The van der Waals surface area contributed by atoms with Gasteiger partial charge in [0.1, 0.15) is 12.6 Å². The first-order valence-corrected chi connectivity index (χ1v) is 12.3. The van der Waals surface area contributed by atoms with Gasteiger partial charge in [0.15, 0.2) is 0 Å². The van der Waals surface area contributed by atoms with Crippen molar-refractivity contribution in [2.75, 3.05) is 39.4 Å². The molecular formula is C24H44N4O4. The monoisotopic (exact) mass is 452 g/mol. The lowest BCUT2D eigenvalue weighted by Crippen LogP contribution is -2.56. The summed E-state index contributed by atoms with van der Waals surface area (Å²) in [6, 6.07) is 0.0279. The summed E-state index contributed by atoms with van der Waals surface area (Å²) in [4.78, 5) is 40.3. The van der Waals surface area contributed by atoms with E-state index in [9.17, 15) is 14.4 Å². The molecule has 2 aliphatic heterocycles. The van der Waals surface area contributed by atoms with Crippen molar-refractivity contribution in [2.24, 2.45) is 5.41 Å². The lowest BCUT2D eigenvalue weighted by molar-refractivity contribution is -0.141. The van der Waals surface area contributed by atoms with Gasteiger partial charge in [0.05, 0.1) is 0 Å². The van der Waals surface area contributed by atoms with Gasteiger partial charge < -0.3 is 25.2 Å². The molecule has 8 heteroatoms. The van der Waals surface area contributed by atoms with Crippen molar-refractivity contribution in [3.05, 3.63) is 0 Å². The molecule has 0 spiro atoms. The minimum Gasteiger partial charge on any atom is -0.372 e. The Labute approximate surface area is 193 Å². The zero-order chi connectivity index (χ0) is 23.6. The Morgan fingerprint density at radius 1 is 1.09 bits per heavy atom. The van der Waals surface area contributed by atoms with Crippen LogP contribution >= 0.6 is 0 Å². The number of hydrogen-bond acceptors (Lipinski definition) is 5. The van der Waals surface area contributed by atoms with E-state index in [1.165, 1.54) is 0 Å². The maximum Gasteiger partial charge on any atom is 0.246 e. The molecule has 8 nitrogen and oxygen atoms in total. The van der Waals surface area contributed by atoms with Gasteiger partial charge in [-0.05, 0) is 63.8 Å². The number of piperidine rings is 1. The number of likely N-dealkylation sites (tertiary alicyclic amines) is 2. The second kappa shape index (κ2) is 13.1. The molecule has 3 amide bonds. The third-order valence-electron chi connectivity index (χ3n) is 6.64. The van der Waals surface area contributed by atoms with E-state index < -0.39 is 6.04 Å². The standard InChI is InChI=1S/C24H44N4O4/c1-19-9-8-13-28(19)23(31)22(24(2,3)4)26-21(30)17-32-16-7-5-6-12-27-14-10-20(11-15-27)25-18-29/h18-20,22H,5-17H2,1-4H3,(H,25,29)(H,26,30). The molecule has 2 atom stereocenters. The van der Waals surface area contributed by atoms with E-state index in [1.54, 1.807) is 0 Å². The highest BCUT2D eigenvalue weighted by molar-refractivity contribution is 5.89. The Hall–Kier alpha value is -1.67. The van der Waals surface area contributed by atoms with Crippen LogP contribution in [0.5, 0.6) is 0 Å². The van der Waals surface area contributed by atoms with Crippen LogP contribution in [0.3, 0.4) is 0 Å². The molecule has 0 aromatic rings. The largest absolute Gasteiger partial charge is 0.372 e. The second-order valence-electron chi connectivity index (χ2n) is 10.4. The molecule has 0 saturated carbocycles. The molecule has 2 heterocycles. The van der Waals surface area contributed by atoms with Crippen LogP contribution in [0.25, 0.3) is 0 Å². The van der Waals surface area contributed by atoms with E-state index in [0.29, 0.717) is 12.6 Å². The van der Waals surface area contributed by atoms with E-state index in [0.717, 1.165) is 77.5 Å². The quantitative estimate of drug-likeness (QED) is 0.349. The average Bonchev–Trinajstić information content (AvgIpc) is 3.17. The molecule has 0 bridgehead atoms. The van der Waals surface area contributed by atoms with Crippen LogP contribution in [0.2, 0.25) is 0 Å². The zero-order valence-electron chi connectivity index (χ0n) is 20.5. The van der Waals surface area contributed by atoms with Gasteiger partial charge in [-0.3, -0.25) is 14.4 Å². The number of nitrogens with zero attached hydrogens (tertiary/aromatic N) is 2. The highest BCUT2D eigenvalue weighted by atomic mass is 16.5. The van der Waals surface area contributed by atoms with Gasteiger partial charge in [0, 0.05) is 38.3 Å². The number of hydrogen-bond donors (Lipinski definition) is 2. The van der Waals surface area contributed by atoms with Crippen molar-refractivity contribution in [3.63, 3.8) is 0 Å². The van der Waals surface area contributed by atoms with Crippen molar-refractivity contribution in [2.45, 2.75) is 90.8 Å². The van der Waals surface area contributed by atoms with Gasteiger partial charge >= 0.3 is 0 Å². The average molecular weight is 453 g/mol. The van der Waals surface area contributed by atoms with Crippen molar-refractivity contribution in [3.8, 4) is 0 Å². The summed E-state index contributed by atoms with van der Waals surface area (Å²) < 4.78 is 5.58. The normalized spacial score (nSPS) is 21.4. The van der Waals surface area contributed by atoms with Crippen LogP contribution in [-0.4, -0.2) is 85.5 Å². The Balaban J connectivity index is 1.58. The molecule has 0 aromatic carbocycles. The van der Waals surface area contributed by atoms with Crippen molar-refractivity contribution < 1.29 is 19.1 Å². The molecule has 0 aliphatic carbocycles. The predicted octanol–water partition coefficient (Wildman–Crippen LogP) is 1.93. The smallest absolute Gasteiger partial charge is 0.246 e. The van der Waals surface area contributed by atoms with Gasteiger partial charge in [-0.1, -0.05) is 20.8 Å². The summed E-state index contributed by atoms with van der Waals surface area (Å²) in [6.45, 7) is 12.5. The SMILES string of the molecule is CC1CCCN1C(=O)C(NC(=O)COCCCCCN1CCC(NC=O)CC1)C(C)(C)C. The summed E-state index contributed by atoms with van der Waals surface area (Å²) in [7, 11) is 0. The predicted molar refractivity (Wildman–Crippen MR) is 125 cm³/mol. The molecule has 32 heavy (non-hydrogen) atoms. The summed E-state index contributed by atoms with van der Waals surface area (Å²) in [5, 5.41) is 5.79. The van der Waals surface area contributed by atoms with Crippen LogP contribution in [0.15, 0.2) is 0 Å². The van der Waals surface area contributed by atoms with Gasteiger partial charge in [-0.15, -0.1) is 0 Å². The lowest BCUT2D eigenvalue weighted by Gasteiger charge is -2.35. The highest BCUT2D eigenvalue weighted by Gasteiger charge is 2.38. The molecule has 2 N–H and O–H groups in total. The molecule has 2 fully saturated rings.